The zero-order chi connectivity index (χ0) is 24.1. The molecule has 0 N–H and O–H groups in total. The topological polar surface area (TPSA) is 59.0 Å². The molecule has 1 heterocycles. The lowest BCUT2D eigenvalue weighted by Gasteiger charge is -2.28. The van der Waals surface area contributed by atoms with Crippen molar-refractivity contribution in [3.05, 3.63) is 64.7 Å². The molecular formula is C28H36N2O3. The van der Waals surface area contributed by atoms with E-state index in [1.165, 1.54) is 25.5 Å². The first-order valence-corrected chi connectivity index (χ1v) is 11.9. The lowest BCUT2D eigenvalue weighted by molar-refractivity contribution is -0.117. The van der Waals surface area contributed by atoms with Crippen molar-refractivity contribution in [2.24, 2.45) is 16.8 Å². The van der Waals surface area contributed by atoms with Gasteiger partial charge in [0.05, 0.1) is 24.1 Å². The number of benzene rings is 2. The van der Waals surface area contributed by atoms with Gasteiger partial charge in [0.1, 0.15) is 6.54 Å². The highest BCUT2D eigenvalue weighted by Gasteiger charge is 2.27. The number of fused-ring (bicyclic) bond motifs is 1. The second kappa shape index (κ2) is 10.8. The Morgan fingerprint density at radius 1 is 1.03 bits per heavy atom. The number of methoxy groups -OCH3 is 1. The summed E-state index contributed by atoms with van der Waals surface area (Å²) in [5.41, 5.74) is 5.24. The minimum atomic E-state index is -0.373. The Bertz CT molecular complexity index is 1020. The van der Waals surface area contributed by atoms with Crippen LogP contribution in [0.3, 0.4) is 0 Å². The van der Waals surface area contributed by atoms with Crippen molar-refractivity contribution in [1.82, 2.24) is 0 Å². The number of carbonyl (C=O) groups excluding carboxylic acids is 2. The van der Waals surface area contributed by atoms with Gasteiger partial charge in [-0.25, -0.2) is 4.79 Å². The van der Waals surface area contributed by atoms with Gasteiger partial charge in [0.25, 0.3) is 0 Å². The molecule has 0 bridgehead atoms. The third-order valence-corrected chi connectivity index (χ3v) is 6.13. The summed E-state index contributed by atoms with van der Waals surface area (Å²) in [5, 5.41) is 0. The number of hydrogen-bond acceptors (Lipinski definition) is 4. The Morgan fingerprint density at radius 3 is 2.33 bits per heavy atom. The highest BCUT2D eigenvalue weighted by atomic mass is 16.5. The van der Waals surface area contributed by atoms with Crippen LogP contribution in [0.15, 0.2) is 47.5 Å². The van der Waals surface area contributed by atoms with Crippen LogP contribution in [-0.4, -0.2) is 37.3 Å². The Kier molecular flexibility index (Phi) is 8.06. The van der Waals surface area contributed by atoms with Gasteiger partial charge in [-0.05, 0) is 55.9 Å². The zero-order valence-corrected chi connectivity index (χ0v) is 20.7. The molecule has 2 aromatic carbocycles. The normalized spacial score (nSPS) is 14.7. The van der Waals surface area contributed by atoms with Gasteiger partial charge in [0, 0.05) is 17.2 Å². The molecule has 0 radical (unpaired) electrons. The van der Waals surface area contributed by atoms with Crippen LogP contribution in [0.1, 0.15) is 74.5 Å². The first kappa shape index (κ1) is 24.7. The van der Waals surface area contributed by atoms with Crippen LogP contribution in [0.2, 0.25) is 0 Å². The minimum Gasteiger partial charge on any atom is -0.465 e. The molecule has 176 valence electrons. The molecule has 0 aliphatic carbocycles. The average molecular weight is 449 g/mol. The molecule has 3 rings (SSSR count). The van der Waals surface area contributed by atoms with E-state index in [-0.39, 0.29) is 24.5 Å². The van der Waals surface area contributed by atoms with E-state index in [0.29, 0.717) is 17.4 Å². The van der Waals surface area contributed by atoms with Gasteiger partial charge < -0.3 is 9.64 Å². The number of esters is 1. The van der Waals surface area contributed by atoms with Gasteiger partial charge in [0.2, 0.25) is 5.91 Å². The van der Waals surface area contributed by atoms with Crippen LogP contribution in [0.25, 0.3) is 0 Å². The summed E-state index contributed by atoms with van der Waals surface area (Å²) >= 11 is 0. The Morgan fingerprint density at radius 2 is 1.73 bits per heavy atom. The lowest BCUT2D eigenvalue weighted by atomic mass is 9.91. The van der Waals surface area contributed by atoms with Crippen LogP contribution >= 0.6 is 0 Å². The molecule has 0 spiro atoms. The summed E-state index contributed by atoms with van der Waals surface area (Å²) in [6, 6.07) is 13.7. The summed E-state index contributed by atoms with van der Waals surface area (Å²) in [7, 11) is 1.37. The van der Waals surface area contributed by atoms with E-state index < -0.39 is 0 Å². The quantitative estimate of drug-likeness (QED) is 0.488. The number of rotatable bonds is 8. The number of amides is 1. The number of nitrogens with zero attached hydrogens (tertiary/aromatic N) is 2. The second-order valence-corrected chi connectivity index (χ2v) is 9.72. The molecule has 0 aromatic heterocycles. The molecule has 0 fully saturated rings. The number of hydrogen-bond donors (Lipinski definition) is 0. The molecule has 2 aromatic rings. The summed E-state index contributed by atoms with van der Waals surface area (Å²) in [5.74, 6) is 0.913. The van der Waals surface area contributed by atoms with Crippen molar-refractivity contribution in [3.63, 3.8) is 0 Å². The summed E-state index contributed by atoms with van der Waals surface area (Å²) < 4.78 is 4.81. The maximum Gasteiger partial charge on any atom is 0.337 e. The summed E-state index contributed by atoms with van der Waals surface area (Å²) in [6.07, 6.45) is 3.41. The first-order valence-electron chi connectivity index (χ1n) is 11.9. The fraction of sp³-hybridized carbons (Fsp3) is 0.464. The first-order chi connectivity index (χ1) is 15.7. The van der Waals surface area contributed by atoms with E-state index in [2.05, 4.69) is 39.0 Å². The Labute approximate surface area is 197 Å². The molecule has 5 heteroatoms. The second-order valence-electron chi connectivity index (χ2n) is 9.72. The number of ether oxygens (including phenoxy) is 1. The summed E-state index contributed by atoms with van der Waals surface area (Å²) in [6.45, 7) is 11.0. The van der Waals surface area contributed by atoms with Gasteiger partial charge in [0.15, 0.2) is 0 Å². The van der Waals surface area contributed by atoms with Crippen molar-refractivity contribution in [1.29, 1.82) is 0 Å². The standard InChI is InChI=1S/C28H36N2O3/c1-18(2)7-8-20(5)15-21-9-14-24-25(16-21)30(19(3)4)26(31)17-29-27(24)22-10-12-23(13-11-22)28(32)33-6/h9-14,16,18-20H,7-8,15,17H2,1-6H3. The monoisotopic (exact) mass is 448 g/mol. The number of anilines is 1. The van der Waals surface area contributed by atoms with E-state index >= 15 is 0 Å². The predicted molar refractivity (Wildman–Crippen MR) is 134 cm³/mol. The van der Waals surface area contributed by atoms with Crippen molar-refractivity contribution in [3.8, 4) is 0 Å². The van der Waals surface area contributed by atoms with Crippen LogP contribution in [-0.2, 0) is 16.0 Å². The highest BCUT2D eigenvalue weighted by Crippen LogP contribution is 2.31. The van der Waals surface area contributed by atoms with Gasteiger partial charge in [-0.3, -0.25) is 9.79 Å². The molecule has 1 aliphatic rings. The molecule has 1 atom stereocenters. The fourth-order valence-corrected chi connectivity index (χ4v) is 4.36. The Hall–Kier alpha value is -2.95. The predicted octanol–water partition coefficient (Wildman–Crippen LogP) is 5.68. The minimum absolute atomic E-state index is 0.00237. The third-order valence-electron chi connectivity index (χ3n) is 6.13. The molecule has 0 saturated heterocycles. The van der Waals surface area contributed by atoms with E-state index in [0.717, 1.165) is 28.9 Å². The van der Waals surface area contributed by atoms with Crippen molar-refractivity contribution in [2.75, 3.05) is 18.6 Å². The summed E-state index contributed by atoms with van der Waals surface area (Å²) in [4.78, 5) is 31.4. The van der Waals surface area contributed by atoms with E-state index in [1.54, 1.807) is 12.1 Å². The van der Waals surface area contributed by atoms with Gasteiger partial charge in [-0.15, -0.1) is 0 Å². The maximum atomic E-state index is 13.0. The van der Waals surface area contributed by atoms with Crippen molar-refractivity contribution >= 4 is 23.3 Å². The number of carbonyl (C=O) groups is 2. The average Bonchev–Trinajstić information content (AvgIpc) is 2.92. The molecule has 1 unspecified atom stereocenters. The molecule has 1 amide bonds. The number of benzodiazepines with no additional fused rings is 1. The van der Waals surface area contributed by atoms with E-state index in [4.69, 9.17) is 9.73 Å². The lowest BCUT2D eigenvalue weighted by Crippen LogP contribution is -2.38. The Balaban J connectivity index is 1.99. The number of aliphatic imine (C=N–C) groups is 1. The largest absolute Gasteiger partial charge is 0.465 e. The van der Waals surface area contributed by atoms with Crippen molar-refractivity contribution in [2.45, 2.75) is 59.9 Å². The van der Waals surface area contributed by atoms with Crippen LogP contribution < -0.4 is 4.90 Å². The molecule has 0 saturated carbocycles. The van der Waals surface area contributed by atoms with Gasteiger partial charge in [-0.1, -0.05) is 57.9 Å². The molecule has 5 nitrogen and oxygen atoms in total. The van der Waals surface area contributed by atoms with E-state index in [9.17, 15) is 9.59 Å². The van der Waals surface area contributed by atoms with Crippen molar-refractivity contribution < 1.29 is 14.3 Å². The van der Waals surface area contributed by atoms with E-state index in [1.807, 2.05) is 30.9 Å². The highest BCUT2D eigenvalue weighted by molar-refractivity contribution is 6.19. The SMILES string of the molecule is COC(=O)c1ccc(C2=NCC(=O)N(C(C)C)c3cc(CC(C)CCC(C)C)ccc32)cc1. The van der Waals surface area contributed by atoms with Crippen LogP contribution in [0.5, 0.6) is 0 Å². The van der Waals surface area contributed by atoms with Crippen LogP contribution in [0, 0.1) is 11.8 Å². The molecule has 1 aliphatic heterocycles. The smallest absolute Gasteiger partial charge is 0.337 e. The third kappa shape index (κ3) is 5.89. The van der Waals surface area contributed by atoms with Crippen LogP contribution in [0.4, 0.5) is 5.69 Å². The van der Waals surface area contributed by atoms with Gasteiger partial charge >= 0.3 is 5.97 Å². The van der Waals surface area contributed by atoms with Gasteiger partial charge in [-0.2, -0.15) is 0 Å². The molecular weight excluding hydrogens is 412 g/mol. The fourth-order valence-electron chi connectivity index (χ4n) is 4.36. The zero-order valence-electron chi connectivity index (χ0n) is 20.7. The molecule has 33 heavy (non-hydrogen) atoms. The maximum absolute atomic E-state index is 13.0.